The van der Waals surface area contributed by atoms with Crippen molar-refractivity contribution in [1.29, 1.82) is 0 Å². The Kier molecular flexibility index (Phi) is 7.82. The SMILES string of the molecule is C=NN(C(=C)/C(CC)=C(/C)F)/C(C(=C)CC)=C(/C)CC. The third-order valence-corrected chi connectivity index (χ3v) is 3.42. The second kappa shape index (κ2) is 8.51. The predicted octanol–water partition coefficient (Wildman–Crippen LogP) is 5.72. The smallest absolute Gasteiger partial charge is 0.102 e. The van der Waals surface area contributed by atoms with Gasteiger partial charge in [-0.25, -0.2) is 9.40 Å². The Morgan fingerprint density at radius 2 is 1.60 bits per heavy atom. The predicted molar refractivity (Wildman–Crippen MR) is 87.0 cm³/mol. The molecule has 0 aliphatic rings. The fourth-order valence-corrected chi connectivity index (χ4v) is 2.03. The molecule has 0 spiro atoms. The minimum Gasteiger partial charge on any atom is -0.234 e. The molecule has 0 rings (SSSR count). The fraction of sp³-hybridized carbons (Fsp3) is 0.471. The lowest BCUT2D eigenvalue weighted by molar-refractivity contribution is 0.457. The van der Waals surface area contributed by atoms with E-state index >= 15 is 0 Å². The molecule has 0 unspecified atom stereocenters. The van der Waals surface area contributed by atoms with Crippen molar-refractivity contribution < 1.29 is 4.39 Å². The number of rotatable bonds is 8. The summed E-state index contributed by atoms with van der Waals surface area (Å²) in [7, 11) is 0. The van der Waals surface area contributed by atoms with Crippen LogP contribution in [-0.4, -0.2) is 11.7 Å². The Labute approximate surface area is 123 Å². The van der Waals surface area contributed by atoms with Crippen molar-refractivity contribution in [2.45, 2.75) is 53.9 Å². The molecule has 0 amide bonds. The first-order chi connectivity index (χ1) is 9.35. The van der Waals surface area contributed by atoms with E-state index in [1.54, 1.807) is 5.01 Å². The largest absolute Gasteiger partial charge is 0.234 e. The lowest BCUT2D eigenvalue weighted by Gasteiger charge is -2.28. The number of nitrogens with zero attached hydrogens (tertiary/aromatic N) is 2. The van der Waals surface area contributed by atoms with Gasteiger partial charge >= 0.3 is 0 Å². The molecule has 0 saturated carbocycles. The van der Waals surface area contributed by atoms with Crippen LogP contribution in [0.25, 0.3) is 0 Å². The van der Waals surface area contributed by atoms with Gasteiger partial charge in [-0.1, -0.05) is 33.9 Å². The number of hydrazone groups is 1. The lowest BCUT2D eigenvalue weighted by Crippen LogP contribution is -2.19. The van der Waals surface area contributed by atoms with E-state index in [9.17, 15) is 4.39 Å². The first-order valence-electron chi connectivity index (χ1n) is 7.04. The molecule has 20 heavy (non-hydrogen) atoms. The van der Waals surface area contributed by atoms with Crippen molar-refractivity contribution in [2.75, 3.05) is 0 Å². The molecule has 0 aliphatic carbocycles. The summed E-state index contributed by atoms with van der Waals surface area (Å²) in [6, 6.07) is 0. The van der Waals surface area contributed by atoms with Gasteiger partial charge in [0.1, 0.15) is 5.83 Å². The normalized spacial score (nSPS) is 13.3. The summed E-state index contributed by atoms with van der Waals surface area (Å²) in [4.78, 5) is 0. The highest BCUT2D eigenvalue weighted by Crippen LogP contribution is 2.31. The van der Waals surface area contributed by atoms with Crippen LogP contribution < -0.4 is 0 Å². The maximum atomic E-state index is 13.6. The van der Waals surface area contributed by atoms with Crippen molar-refractivity contribution >= 4 is 6.72 Å². The highest BCUT2D eigenvalue weighted by molar-refractivity contribution is 5.41. The number of halogens is 1. The minimum atomic E-state index is -0.234. The summed E-state index contributed by atoms with van der Waals surface area (Å²) in [5, 5.41) is 5.66. The second-order valence-corrected chi connectivity index (χ2v) is 4.71. The van der Waals surface area contributed by atoms with Crippen LogP contribution in [0, 0.1) is 0 Å². The van der Waals surface area contributed by atoms with Gasteiger partial charge in [0.05, 0.1) is 11.4 Å². The van der Waals surface area contributed by atoms with Gasteiger partial charge in [0.15, 0.2) is 0 Å². The van der Waals surface area contributed by atoms with E-state index in [4.69, 9.17) is 0 Å². The van der Waals surface area contributed by atoms with Gasteiger partial charge < -0.3 is 0 Å². The molecule has 0 heterocycles. The molecule has 3 heteroatoms. The molecular weight excluding hydrogens is 251 g/mol. The van der Waals surface area contributed by atoms with Crippen molar-refractivity contribution in [3.05, 3.63) is 47.1 Å². The van der Waals surface area contributed by atoms with Crippen LogP contribution in [0.5, 0.6) is 0 Å². The number of allylic oxidation sites excluding steroid dienone is 4. The van der Waals surface area contributed by atoms with E-state index in [1.807, 2.05) is 20.8 Å². The van der Waals surface area contributed by atoms with E-state index in [1.165, 1.54) is 6.92 Å². The van der Waals surface area contributed by atoms with Crippen molar-refractivity contribution in [1.82, 2.24) is 5.01 Å². The van der Waals surface area contributed by atoms with Gasteiger partial charge in [-0.3, -0.25) is 0 Å². The van der Waals surface area contributed by atoms with Crippen LogP contribution in [0.1, 0.15) is 53.9 Å². The van der Waals surface area contributed by atoms with E-state index in [2.05, 4.69) is 31.9 Å². The Morgan fingerprint density at radius 3 is 1.90 bits per heavy atom. The summed E-state index contributed by atoms with van der Waals surface area (Å²) in [6.07, 6.45) is 2.23. The molecule has 0 aliphatic heterocycles. The maximum Gasteiger partial charge on any atom is 0.102 e. The zero-order valence-corrected chi connectivity index (χ0v) is 13.5. The molecule has 2 nitrogen and oxygen atoms in total. The van der Waals surface area contributed by atoms with Crippen LogP contribution in [0.15, 0.2) is 52.2 Å². The molecule has 0 atom stereocenters. The average Bonchev–Trinajstić information content (AvgIpc) is 2.43. The quantitative estimate of drug-likeness (QED) is 0.315. The lowest BCUT2D eigenvalue weighted by atomic mass is 10.0. The molecule has 0 fully saturated rings. The standard InChI is InChI=1S/C17H27FN2/c1-9-12(4)17(13(5)10-2)20(19-8)15(7)16(11-3)14(6)18/h4,7-11H2,1-3,5-6H3/b16-14-,17-13-. The van der Waals surface area contributed by atoms with Gasteiger partial charge in [0.25, 0.3) is 0 Å². The van der Waals surface area contributed by atoms with E-state index < -0.39 is 0 Å². The maximum absolute atomic E-state index is 13.6. The highest BCUT2D eigenvalue weighted by Gasteiger charge is 2.19. The van der Waals surface area contributed by atoms with Crippen LogP contribution in [0.3, 0.4) is 0 Å². The highest BCUT2D eigenvalue weighted by atomic mass is 19.1. The van der Waals surface area contributed by atoms with Gasteiger partial charge in [0, 0.05) is 12.3 Å². The molecule has 112 valence electrons. The molecule has 0 aromatic rings. The zero-order valence-electron chi connectivity index (χ0n) is 13.5. The average molecular weight is 278 g/mol. The van der Waals surface area contributed by atoms with Gasteiger partial charge in [-0.15, -0.1) is 0 Å². The third kappa shape index (κ3) is 4.19. The Hall–Kier alpha value is -1.64. The van der Waals surface area contributed by atoms with Crippen LogP contribution in [0.2, 0.25) is 0 Å². The van der Waals surface area contributed by atoms with Crippen molar-refractivity contribution in [3.8, 4) is 0 Å². The Balaban J connectivity index is 5.88. The summed E-state index contributed by atoms with van der Waals surface area (Å²) in [6.45, 7) is 21.2. The van der Waals surface area contributed by atoms with Crippen LogP contribution in [-0.2, 0) is 0 Å². The van der Waals surface area contributed by atoms with E-state index in [0.717, 1.165) is 29.7 Å². The van der Waals surface area contributed by atoms with Crippen LogP contribution in [0.4, 0.5) is 4.39 Å². The number of hydrogen-bond acceptors (Lipinski definition) is 2. The van der Waals surface area contributed by atoms with Crippen molar-refractivity contribution in [3.63, 3.8) is 0 Å². The summed E-state index contributed by atoms with van der Waals surface area (Å²) < 4.78 is 13.6. The summed E-state index contributed by atoms with van der Waals surface area (Å²) >= 11 is 0. The molecule has 0 aromatic carbocycles. The molecule has 0 saturated heterocycles. The molecule has 0 radical (unpaired) electrons. The first-order valence-corrected chi connectivity index (χ1v) is 7.04. The molecule has 0 bridgehead atoms. The zero-order chi connectivity index (χ0) is 15.9. The van der Waals surface area contributed by atoms with E-state index in [0.29, 0.717) is 17.7 Å². The molecule has 0 aromatic heterocycles. The topological polar surface area (TPSA) is 15.6 Å². The first kappa shape index (κ1) is 18.4. The van der Waals surface area contributed by atoms with Crippen LogP contribution >= 0.6 is 0 Å². The summed E-state index contributed by atoms with van der Waals surface area (Å²) in [5.74, 6) is -0.234. The second-order valence-electron chi connectivity index (χ2n) is 4.71. The van der Waals surface area contributed by atoms with E-state index in [-0.39, 0.29) is 5.83 Å². The summed E-state index contributed by atoms with van der Waals surface area (Å²) in [5.41, 5.74) is 4.06. The fourth-order valence-electron chi connectivity index (χ4n) is 2.03. The Bertz CT molecular complexity index is 452. The van der Waals surface area contributed by atoms with Gasteiger partial charge in [-0.2, -0.15) is 5.10 Å². The van der Waals surface area contributed by atoms with Gasteiger partial charge in [-0.05, 0) is 44.3 Å². The Morgan fingerprint density at radius 1 is 1.05 bits per heavy atom. The third-order valence-electron chi connectivity index (χ3n) is 3.42. The van der Waals surface area contributed by atoms with Gasteiger partial charge in [0.2, 0.25) is 0 Å². The van der Waals surface area contributed by atoms with Crippen molar-refractivity contribution in [2.24, 2.45) is 5.10 Å². The molecule has 0 N–H and O–H groups in total. The number of hydrogen-bond donors (Lipinski definition) is 0. The molecular formula is C17H27FN2. The minimum absolute atomic E-state index is 0.234. The monoisotopic (exact) mass is 278 g/mol.